The summed E-state index contributed by atoms with van der Waals surface area (Å²) in [6, 6.07) is 0.532. The molecular formula is C19H31N3O2. The lowest BCUT2D eigenvalue weighted by Gasteiger charge is -2.42. The SMILES string of the molecule is C=C(C)CNC(=O)[C@@H]1CCCN(C2CCN(C(=O)C3CC3)CC2)C1. The number of carbonyl (C=O) groups is 2. The second-order valence-electron chi connectivity index (χ2n) is 7.84. The van der Waals surface area contributed by atoms with Crippen molar-refractivity contribution in [3.8, 4) is 0 Å². The number of rotatable bonds is 5. The molecule has 1 N–H and O–H groups in total. The van der Waals surface area contributed by atoms with Gasteiger partial charge in [-0.15, -0.1) is 0 Å². The van der Waals surface area contributed by atoms with Crippen molar-refractivity contribution in [3.63, 3.8) is 0 Å². The van der Waals surface area contributed by atoms with Gasteiger partial charge in [-0.25, -0.2) is 0 Å². The number of hydrogen-bond acceptors (Lipinski definition) is 3. The van der Waals surface area contributed by atoms with Crippen LogP contribution in [-0.4, -0.2) is 60.4 Å². The Balaban J connectivity index is 1.46. The molecule has 0 spiro atoms. The van der Waals surface area contributed by atoms with Crippen molar-refractivity contribution >= 4 is 11.8 Å². The first-order chi connectivity index (χ1) is 11.5. The molecule has 2 aliphatic heterocycles. The normalized spacial score (nSPS) is 26.2. The summed E-state index contributed by atoms with van der Waals surface area (Å²) < 4.78 is 0. The van der Waals surface area contributed by atoms with Gasteiger partial charge >= 0.3 is 0 Å². The molecule has 5 nitrogen and oxygen atoms in total. The number of hydrogen-bond donors (Lipinski definition) is 1. The average Bonchev–Trinajstić information content (AvgIpc) is 3.44. The van der Waals surface area contributed by atoms with Gasteiger partial charge in [-0.3, -0.25) is 14.5 Å². The zero-order valence-electron chi connectivity index (χ0n) is 14.9. The van der Waals surface area contributed by atoms with E-state index in [9.17, 15) is 9.59 Å². The van der Waals surface area contributed by atoms with Crippen molar-refractivity contribution in [1.82, 2.24) is 15.1 Å². The fourth-order valence-electron chi connectivity index (χ4n) is 3.97. The molecule has 24 heavy (non-hydrogen) atoms. The Bertz CT molecular complexity index is 493. The van der Waals surface area contributed by atoms with E-state index in [0.717, 1.165) is 70.3 Å². The van der Waals surface area contributed by atoms with Crippen molar-refractivity contribution in [1.29, 1.82) is 0 Å². The smallest absolute Gasteiger partial charge is 0.225 e. The maximum absolute atomic E-state index is 12.3. The Morgan fingerprint density at radius 2 is 1.75 bits per heavy atom. The van der Waals surface area contributed by atoms with Crippen molar-refractivity contribution < 1.29 is 9.59 Å². The molecule has 3 aliphatic rings. The molecule has 2 heterocycles. The third-order valence-corrected chi connectivity index (χ3v) is 5.61. The summed E-state index contributed by atoms with van der Waals surface area (Å²) in [7, 11) is 0. The number of likely N-dealkylation sites (tertiary alicyclic amines) is 2. The van der Waals surface area contributed by atoms with Crippen molar-refractivity contribution in [3.05, 3.63) is 12.2 Å². The van der Waals surface area contributed by atoms with Crippen molar-refractivity contribution in [2.24, 2.45) is 11.8 Å². The number of amides is 2. The zero-order valence-corrected chi connectivity index (χ0v) is 14.9. The quantitative estimate of drug-likeness (QED) is 0.781. The molecule has 0 unspecified atom stereocenters. The third-order valence-electron chi connectivity index (χ3n) is 5.61. The minimum Gasteiger partial charge on any atom is -0.352 e. The molecule has 1 saturated carbocycles. The van der Waals surface area contributed by atoms with Crippen LogP contribution >= 0.6 is 0 Å². The van der Waals surface area contributed by atoms with E-state index >= 15 is 0 Å². The van der Waals surface area contributed by atoms with E-state index in [1.54, 1.807) is 0 Å². The monoisotopic (exact) mass is 333 g/mol. The Hall–Kier alpha value is -1.36. The highest BCUT2D eigenvalue weighted by atomic mass is 16.2. The largest absolute Gasteiger partial charge is 0.352 e. The molecule has 0 bridgehead atoms. The summed E-state index contributed by atoms with van der Waals surface area (Å²) >= 11 is 0. The summed E-state index contributed by atoms with van der Waals surface area (Å²) in [6.45, 7) is 10.1. The predicted molar refractivity (Wildman–Crippen MR) is 94.4 cm³/mol. The molecular weight excluding hydrogens is 302 g/mol. The van der Waals surface area contributed by atoms with Crippen molar-refractivity contribution in [2.75, 3.05) is 32.7 Å². The fraction of sp³-hybridized carbons (Fsp3) is 0.789. The van der Waals surface area contributed by atoms with E-state index in [-0.39, 0.29) is 11.8 Å². The summed E-state index contributed by atoms with van der Waals surface area (Å²) in [5, 5.41) is 3.00. The third kappa shape index (κ3) is 4.38. The number of nitrogens with one attached hydrogen (secondary N) is 1. The topological polar surface area (TPSA) is 52.7 Å². The van der Waals surface area contributed by atoms with E-state index in [0.29, 0.717) is 24.4 Å². The second-order valence-corrected chi connectivity index (χ2v) is 7.84. The summed E-state index contributed by atoms with van der Waals surface area (Å²) in [5.41, 5.74) is 0.990. The lowest BCUT2D eigenvalue weighted by molar-refractivity contribution is -0.134. The lowest BCUT2D eigenvalue weighted by atomic mass is 9.93. The second kappa shape index (κ2) is 7.68. The van der Waals surface area contributed by atoms with Crippen LogP contribution in [0.4, 0.5) is 0 Å². The van der Waals surface area contributed by atoms with Gasteiger partial charge in [0.2, 0.25) is 11.8 Å². The zero-order chi connectivity index (χ0) is 17.1. The van der Waals surface area contributed by atoms with Crippen molar-refractivity contribution in [2.45, 2.75) is 51.5 Å². The highest BCUT2D eigenvalue weighted by Gasteiger charge is 2.37. The van der Waals surface area contributed by atoms with Gasteiger partial charge in [0, 0.05) is 38.1 Å². The Kier molecular flexibility index (Phi) is 5.59. The van der Waals surface area contributed by atoms with Gasteiger partial charge in [-0.2, -0.15) is 0 Å². The molecule has 2 amide bonds. The van der Waals surface area contributed by atoms with Gasteiger partial charge in [0.05, 0.1) is 5.92 Å². The maximum atomic E-state index is 12.3. The highest BCUT2D eigenvalue weighted by molar-refractivity contribution is 5.81. The Labute approximate surface area is 145 Å². The first-order valence-corrected chi connectivity index (χ1v) is 9.49. The van der Waals surface area contributed by atoms with Gasteiger partial charge in [-0.1, -0.05) is 12.2 Å². The number of nitrogens with zero attached hydrogens (tertiary/aromatic N) is 2. The number of carbonyl (C=O) groups excluding carboxylic acids is 2. The van der Waals surface area contributed by atoms with Gasteiger partial charge in [0.15, 0.2) is 0 Å². The maximum Gasteiger partial charge on any atom is 0.225 e. The molecule has 5 heteroatoms. The van der Waals surface area contributed by atoms with E-state index in [1.165, 1.54) is 0 Å². The molecule has 3 rings (SSSR count). The van der Waals surface area contributed by atoms with Crippen LogP contribution < -0.4 is 5.32 Å². The van der Waals surface area contributed by atoms with Gasteiger partial charge in [0.25, 0.3) is 0 Å². The lowest BCUT2D eigenvalue weighted by Crippen LogP contribution is -2.51. The average molecular weight is 333 g/mol. The molecule has 0 aromatic heterocycles. The van der Waals surface area contributed by atoms with Crippen LogP contribution in [0.25, 0.3) is 0 Å². The molecule has 2 saturated heterocycles. The van der Waals surface area contributed by atoms with E-state index in [2.05, 4.69) is 21.7 Å². The minimum atomic E-state index is 0.101. The molecule has 3 fully saturated rings. The first-order valence-electron chi connectivity index (χ1n) is 9.49. The fourth-order valence-corrected chi connectivity index (χ4v) is 3.97. The summed E-state index contributed by atoms with van der Waals surface area (Å²) in [4.78, 5) is 29.0. The molecule has 134 valence electrons. The van der Waals surface area contributed by atoms with Crippen LogP contribution in [0, 0.1) is 11.8 Å². The number of piperidine rings is 2. The van der Waals surface area contributed by atoms with Gasteiger partial charge in [-0.05, 0) is 52.0 Å². The Morgan fingerprint density at radius 3 is 2.38 bits per heavy atom. The van der Waals surface area contributed by atoms with Crippen LogP contribution in [0.2, 0.25) is 0 Å². The molecule has 0 aromatic rings. The summed E-state index contributed by atoms with van der Waals surface area (Å²) in [5.74, 6) is 0.982. The van der Waals surface area contributed by atoms with Gasteiger partial charge < -0.3 is 10.2 Å². The predicted octanol–water partition coefficient (Wildman–Crippen LogP) is 1.79. The Morgan fingerprint density at radius 1 is 1.04 bits per heavy atom. The van der Waals surface area contributed by atoms with Crippen LogP contribution in [-0.2, 0) is 9.59 Å². The standard InChI is InChI=1S/C19H31N3O2/c1-14(2)12-20-18(23)16-4-3-9-22(13-16)17-7-10-21(11-8-17)19(24)15-5-6-15/h15-17H,1,3-13H2,2H3,(H,20,23)/t16-/m1/s1. The first kappa shape index (κ1) is 17.5. The highest BCUT2D eigenvalue weighted by Crippen LogP contribution is 2.32. The molecule has 0 radical (unpaired) electrons. The molecule has 0 aromatic carbocycles. The van der Waals surface area contributed by atoms with E-state index < -0.39 is 0 Å². The van der Waals surface area contributed by atoms with Gasteiger partial charge in [0.1, 0.15) is 0 Å². The van der Waals surface area contributed by atoms with Crippen LogP contribution in [0.15, 0.2) is 12.2 Å². The van der Waals surface area contributed by atoms with Crippen LogP contribution in [0.3, 0.4) is 0 Å². The van der Waals surface area contributed by atoms with E-state index in [4.69, 9.17) is 0 Å². The molecule has 1 atom stereocenters. The molecule has 1 aliphatic carbocycles. The minimum absolute atomic E-state index is 0.101. The van der Waals surface area contributed by atoms with Crippen LogP contribution in [0.1, 0.15) is 45.4 Å². The van der Waals surface area contributed by atoms with E-state index in [1.807, 2.05) is 6.92 Å². The van der Waals surface area contributed by atoms with Crippen LogP contribution in [0.5, 0.6) is 0 Å². The summed E-state index contributed by atoms with van der Waals surface area (Å²) in [6.07, 6.45) is 6.36.